The molecular weight excluding hydrogens is 344 g/mol. The second kappa shape index (κ2) is 6.73. The summed E-state index contributed by atoms with van der Waals surface area (Å²) in [6.07, 6.45) is 1.95. The maximum absolute atomic E-state index is 13.1. The van der Waals surface area contributed by atoms with Gasteiger partial charge in [-0.2, -0.15) is 0 Å². The van der Waals surface area contributed by atoms with Crippen LogP contribution in [-0.2, 0) is 4.79 Å². The van der Waals surface area contributed by atoms with Crippen LogP contribution in [-0.4, -0.2) is 27.9 Å². The van der Waals surface area contributed by atoms with Crippen LogP contribution in [0.2, 0.25) is 5.02 Å². The highest BCUT2D eigenvalue weighted by Gasteiger charge is 2.40. The molecule has 24 heavy (non-hydrogen) atoms. The van der Waals surface area contributed by atoms with E-state index >= 15 is 0 Å². The van der Waals surface area contributed by atoms with Gasteiger partial charge in [-0.25, -0.2) is 4.98 Å². The second-order valence-corrected chi connectivity index (χ2v) is 7.88. The average molecular weight is 365 g/mol. The highest BCUT2D eigenvalue weighted by atomic mass is 35.5. The van der Waals surface area contributed by atoms with Crippen LogP contribution in [0.15, 0.2) is 29.6 Å². The molecule has 3 rings (SSSR count). The van der Waals surface area contributed by atoms with E-state index in [2.05, 4.69) is 4.98 Å². The number of hydrogen-bond acceptors (Lipinski definition) is 4. The molecule has 1 aliphatic rings. The molecule has 1 aliphatic heterocycles. The van der Waals surface area contributed by atoms with E-state index in [-0.39, 0.29) is 11.9 Å². The minimum absolute atomic E-state index is 0.00666. The number of aromatic nitrogens is 1. The number of carbonyl (C=O) groups is 1. The van der Waals surface area contributed by atoms with E-state index in [1.807, 2.05) is 31.1 Å². The predicted molar refractivity (Wildman–Crippen MR) is 96.7 cm³/mol. The van der Waals surface area contributed by atoms with E-state index < -0.39 is 5.60 Å². The van der Waals surface area contributed by atoms with Gasteiger partial charge in [0.2, 0.25) is 0 Å². The lowest BCUT2D eigenvalue weighted by Gasteiger charge is -2.32. The number of nitrogens with zero attached hydrogens (tertiary/aromatic N) is 2. The van der Waals surface area contributed by atoms with Gasteiger partial charge in [0.15, 0.2) is 5.60 Å². The number of ether oxygens (including phenoxy) is 1. The van der Waals surface area contributed by atoms with Gasteiger partial charge in [-0.1, -0.05) is 11.6 Å². The third-order valence-corrected chi connectivity index (χ3v) is 5.45. The van der Waals surface area contributed by atoms with Gasteiger partial charge >= 0.3 is 0 Å². The molecule has 1 atom stereocenters. The number of carbonyl (C=O) groups excluding carboxylic acids is 1. The van der Waals surface area contributed by atoms with Crippen molar-refractivity contribution in [2.75, 3.05) is 6.54 Å². The lowest BCUT2D eigenvalue weighted by Crippen LogP contribution is -2.48. The molecule has 0 saturated carbocycles. The van der Waals surface area contributed by atoms with Gasteiger partial charge in [-0.15, -0.1) is 11.3 Å². The molecule has 1 fully saturated rings. The number of halogens is 1. The van der Waals surface area contributed by atoms with Crippen LogP contribution in [0.1, 0.15) is 43.4 Å². The Balaban J connectivity index is 1.77. The number of hydrogen-bond donors (Lipinski definition) is 0. The summed E-state index contributed by atoms with van der Waals surface area (Å²) in [6.45, 7) is 6.35. The largest absolute Gasteiger partial charge is 0.478 e. The molecule has 2 aromatic rings. The first-order valence-electron chi connectivity index (χ1n) is 8.04. The molecule has 0 N–H and O–H groups in total. The fraction of sp³-hybridized carbons (Fsp3) is 0.444. The Morgan fingerprint density at radius 1 is 1.38 bits per heavy atom. The monoisotopic (exact) mass is 364 g/mol. The molecule has 0 aliphatic carbocycles. The Hall–Kier alpha value is -1.59. The molecule has 0 radical (unpaired) electrons. The standard InChI is InChI=1S/C18H21ClN2O2S/c1-12-11-24-16(20-12)15-5-4-10-21(15)17(22)18(2,3)23-14-8-6-13(19)7-9-14/h6-9,11,15H,4-5,10H2,1-3H3/t15-/m0/s1. The lowest BCUT2D eigenvalue weighted by molar-refractivity contribution is -0.146. The first-order chi connectivity index (χ1) is 11.4. The molecule has 128 valence electrons. The van der Waals surface area contributed by atoms with E-state index in [1.165, 1.54) is 0 Å². The number of thiazole rings is 1. The summed E-state index contributed by atoms with van der Waals surface area (Å²) in [5.74, 6) is 0.631. The van der Waals surface area contributed by atoms with Crippen LogP contribution < -0.4 is 4.74 Å². The molecule has 1 amide bonds. The summed E-state index contributed by atoms with van der Waals surface area (Å²) in [7, 11) is 0. The van der Waals surface area contributed by atoms with Crippen LogP contribution in [0.3, 0.4) is 0 Å². The molecule has 1 aromatic carbocycles. The Morgan fingerprint density at radius 2 is 2.08 bits per heavy atom. The van der Waals surface area contributed by atoms with E-state index in [4.69, 9.17) is 16.3 Å². The van der Waals surface area contributed by atoms with E-state index in [0.29, 0.717) is 10.8 Å². The van der Waals surface area contributed by atoms with Crippen molar-refractivity contribution in [1.29, 1.82) is 0 Å². The summed E-state index contributed by atoms with van der Waals surface area (Å²) in [6, 6.07) is 7.14. The quantitative estimate of drug-likeness (QED) is 0.794. The predicted octanol–water partition coefficient (Wildman–Crippen LogP) is 4.63. The molecule has 2 heterocycles. The normalized spacial score (nSPS) is 18.0. The molecule has 1 aromatic heterocycles. The Kier molecular flexibility index (Phi) is 4.83. The van der Waals surface area contributed by atoms with E-state index in [0.717, 1.165) is 30.1 Å². The molecule has 0 bridgehead atoms. The Morgan fingerprint density at radius 3 is 2.71 bits per heavy atom. The van der Waals surface area contributed by atoms with Crippen LogP contribution in [0, 0.1) is 6.92 Å². The minimum Gasteiger partial charge on any atom is -0.478 e. The zero-order chi connectivity index (χ0) is 17.3. The van der Waals surface area contributed by atoms with Gasteiger partial charge in [-0.3, -0.25) is 4.79 Å². The highest BCUT2D eigenvalue weighted by Crippen LogP contribution is 2.36. The summed E-state index contributed by atoms with van der Waals surface area (Å²) in [5.41, 5.74) is 0.0638. The zero-order valence-corrected chi connectivity index (χ0v) is 15.7. The fourth-order valence-electron chi connectivity index (χ4n) is 2.98. The van der Waals surface area contributed by atoms with Crippen LogP contribution in [0.5, 0.6) is 5.75 Å². The van der Waals surface area contributed by atoms with Gasteiger partial charge in [0.1, 0.15) is 10.8 Å². The fourth-order valence-corrected chi connectivity index (χ4v) is 4.05. The van der Waals surface area contributed by atoms with Gasteiger partial charge in [0.05, 0.1) is 6.04 Å². The smallest absolute Gasteiger partial charge is 0.266 e. The summed E-state index contributed by atoms with van der Waals surface area (Å²) < 4.78 is 5.95. The number of aryl methyl sites for hydroxylation is 1. The second-order valence-electron chi connectivity index (χ2n) is 6.55. The molecule has 0 unspecified atom stereocenters. The molecule has 4 nitrogen and oxygen atoms in total. The number of rotatable bonds is 4. The maximum atomic E-state index is 13.1. The summed E-state index contributed by atoms with van der Waals surface area (Å²) in [4.78, 5) is 19.6. The number of likely N-dealkylation sites (tertiary alicyclic amines) is 1. The number of benzene rings is 1. The number of amides is 1. The van der Waals surface area contributed by atoms with Crippen molar-refractivity contribution in [3.05, 3.63) is 45.4 Å². The van der Waals surface area contributed by atoms with Gasteiger partial charge in [-0.05, 0) is 57.9 Å². The Labute approximate surface area is 151 Å². The van der Waals surface area contributed by atoms with Crippen molar-refractivity contribution in [2.45, 2.75) is 45.3 Å². The maximum Gasteiger partial charge on any atom is 0.266 e. The van der Waals surface area contributed by atoms with Gasteiger partial charge in [0.25, 0.3) is 5.91 Å². The Bertz CT molecular complexity index is 727. The average Bonchev–Trinajstić information content (AvgIpc) is 3.17. The van der Waals surface area contributed by atoms with Crippen LogP contribution in [0.25, 0.3) is 0 Å². The van der Waals surface area contributed by atoms with Gasteiger partial charge < -0.3 is 9.64 Å². The van der Waals surface area contributed by atoms with Crippen LogP contribution >= 0.6 is 22.9 Å². The molecule has 6 heteroatoms. The van der Waals surface area contributed by atoms with Crippen molar-refractivity contribution in [3.63, 3.8) is 0 Å². The minimum atomic E-state index is -0.942. The van der Waals surface area contributed by atoms with Crippen molar-refractivity contribution in [2.24, 2.45) is 0 Å². The molecule has 1 saturated heterocycles. The first kappa shape index (κ1) is 17.2. The topological polar surface area (TPSA) is 42.4 Å². The van der Waals surface area contributed by atoms with Gasteiger partial charge in [0, 0.05) is 22.6 Å². The van der Waals surface area contributed by atoms with Crippen molar-refractivity contribution in [1.82, 2.24) is 9.88 Å². The van der Waals surface area contributed by atoms with Crippen molar-refractivity contribution >= 4 is 28.8 Å². The molecular formula is C18H21ClN2O2S. The summed E-state index contributed by atoms with van der Waals surface area (Å²) in [5, 5.41) is 3.69. The third-order valence-electron chi connectivity index (χ3n) is 4.14. The zero-order valence-electron chi connectivity index (χ0n) is 14.1. The van der Waals surface area contributed by atoms with Crippen molar-refractivity contribution in [3.8, 4) is 5.75 Å². The van der Waals surface area contributed by atoms with E-state index in [1.54, 1.807) is 35.6 Å². The van der Waals surface area contributed by atoms with E-state index in [9.17, 15) is 4.79 Å². The SMILES string of the molecule is Cc1csc([C@@H]2CCCN2C(=O)C(C)(C)Oc2ccc(Cl)cc2)n1. The third kappa shape index (κ3) is 3.57. The highest BCUT2D eigenvalue weighted by molar-refractivity contribution is 7.09. The molecule has 0 spiro atoms. The summed E-state index contributed by atoms with van der Waals surface area (Å²) >= 11 is 7.53. The first-order valence-corrected chi connectivity index (χ1v) is 9.30. The van der Waals surface area contributed by atoms with Crippen LogP contribution in [0.4, 0.5) is 0 Å². The van der Waals surface area contributed by atoms with Crippen molar-refractivity contribution < 1.29 is 9.53 Å². The lowest BCUT2D eigenvalue weighted by atomic mass is 10.1.